The van der Waals surface area contributed by atoms with Crippen molar-refractivity contribution in [1.29, 1.82) is 0 Å². The normalized spacial score (nSPS) is 21.3. The summed E-state index contributed by atoms with van der Waals surface area (Å²) in [7, 11) is 0. The summed E-state index contributed by atoms with van der Waals surface area (Å²) in [5.41, 5.74) is 4.40. The van der Waals surface area contributed by atoms with Crippen molar-refractivity contribution in [3.05, 3.63) is 53.3 Å². The molecule has 0 spiro atoms. The predicted octanol–water partition coefficient (Wildman–Crippen LogP) is 7.05. The van der Waals surface area contributed by atoms with Crippen molar-refractivity contribution in [2.45, 2.75) is 98.1 Å². The molecule has 1 aromatic carbocycles. The van der Waals surface area contributed by atoms with Crippen LogP contribution in [0.3, 0.4) is 0 Å². The molecule has 4 rings (SSSR count). The highest BCUT2D eigenvalue weighted by atomic mass is 16.1. The molecule has 2 aromatic rings. The second-order valence-electron chi connectivity index (χ2n) is 11.3. The third kappa shape index (κ3) is 8.08. The number of aromatic nitrogens is 2. The first kappa shape index (κ1) is 26.7. The van der Waals surface area contributed by atoms with Gasteiger partial charge in [0, 0.05) is 25.2 Å². The van der Waals surface area contributed by atoms with E-state index in [1.807, 2.05) is 20.0 Å². The van der Waals surface area contributed by atoms with Gasteiger partial charge in [0.05, 0.1) is 6.20 Å². The first-order valence-corrected chi connectivity index (χ1v) is 13.7. The molecule has 1 aliphatic heterocycles. The van der Waals surface area contributed by atoms with Gasteiger partial charge in [0.15, 0.2) is 0 Å². The van der Waals surface area contributed by atoms with Gasteiger partial charge in [-0.25, -0.2) is 0 Å². The Morgan fingerprint density at radius 2 is 1.68 bits per heavy atom. The third-order valence-electron chi connectivity index (χ3n) is 7.53. The summed E-state index contributed by atoms with van der Waals surface area (Å²) in [5.74, 6) is 3.36. The van der Waals surface area contributed by atoms with Gasteiger partial charge in [-0.15, -0.1) is 0 Å². The number of hydrogen-bond donors (Lipinski definition) is 0. The van der Waals surface area contributed by atoms with Crippen molar-refractivity contribution >= 4 is 6.29 Å². The van der Waals surface area contributed by atoms with Gasteiger partial charge in [0.2, 0.25) is 0 Å². The third-order valence-corrected chi connectivity index (χ3v) is 7.53. The van der Waals surface area contributed by atoms with Gasteiger partial charge < -0.3 is 4.79 Å². The zero-order valence-electron chi connectivity index (χ0n) is 22.2. The van der Waals surface area contributed by atoms with Crippen molar-refractivity contribution in [1.82, 2.24) is 14.7 Å². The average molecular weight is 466 g/mol. The molecule has 0 amide bonds. The molecule has 0 radical (unpaired) electrons. The van der Waals surface area contributed by atoms with Gasteiger partial charge in [-0.2, -0.15) is 5.10 Å². The summed E-state index contributed by atoms with van der Waals surface area (Å²) in [5, 5.41) is 4.57. The molecule has 4 nitrogen and oxygen atoms in total. The van der Waals surface area contributed by atoms with E-state index in [-0.39, 0.29) is 5.92 Å². The van der Waals surface area contributed by atoms with E-state index in [0.717, 1.165) is 37.1 Å². The van der Waals surface area contributed by atoms with Crippen molar-refractivity contribution in [3.8, 4) is 0 Å². The second kappa shape index (κ2) is 13.2. The fourth-order valence-corrected chi connectivity index (χ4v) is 5.17. The van der Waals surface area contributed by atoms with Crippen molar-refractivity contribution in [3.63, 3.8) is 0 Å². The van der Waals surface area contributed by atoms with E-state index in [1.165, 1.54) is 62.7 Å². The molecular formula is C30H47N3O. The molecule has 2 aliphatic rings. The van der Waals surface area contributed by atoms with E-state index < -0.39 is 0 Å². The number of carbonyl (C=O) groups excluding carboxylic acids is 1. The van der Waals surface area contributed by atoms with Crippen LogP contribution in [0.1, 0.15) is 102 Å². The number of piperidine rings is 1. The van der Waals surface area contributed by atoms with Crippen LogP contribution in [0, 0.1) is 17.8 Å². The zero-order valence-corrected chi connectivity index (χ0v) is 22.2. The number of likely N-dealkylation sites (tertiary alicyclic amines) is 1. The lowest BCUT2D eigenvalue weighted by atomic mass is 9.70. The zero-order chi connectivity index (χ0) is 24.5. The smallest absolute Gasteiger partial charge is 0.122 e. The Labute approximate surface area is 208 Å². The maximum absolute atomic E-state index is 9.50. The highest BCUT2D eigenvalue weighted by Gasteiger charge is 2.29. The standard InChI is InChI=1S/C26H39N3.C4H8O/c1-4-5-23-14-25(15-23)24-8-6-21(7-9-24)17-28-12-10-22(11-13-28)18-29-19-26(16-27-29)20(2)3;1-4(2)3-5/h6-9,16,19-20,22-23,25H,4-5,10-15,17-18H2,1-3H3;3-4H,1-2H3. The van der Waals surface area contributed by atoms with E-state index in [1.54, 1.807) is 5.56 Å². The minimum absolute atomic E-state index is 0.204. The van der Waals surface area contributed by atoms with Crippen LogP contribution in [-0.2, 0) is 17.9 Å². The van der Waals surface area contributed by atoms with Crippen molar-refractivity contribution < 1.29 is 4.79 Å². The van der Waals surface area contributed by atoms with Crippen LogP contribution in [0.15, 0.2) is 36.7 Å². The molecule has 1 aromatic heterocycles. The number of nitrogens with zero attached hydrogens (tertiary/aromatic N) is 3. The quantitative estimate of drug-likeness (QED) is 0.372. The Hall–Kier alpha value is -1.94. The molecule has 1 saturated heterocycles. The number of aldehydes is 1. The molecule has 0 atom stereocenters. The molecular weight excluding hydrogens is 418 g/mol. The predicted molar refractivity (Wildman–Crippen MR) is 142 cm³/mol. The molecule has 2 fully saturated rings. The number of rotatable bonds is 9. The van der Waals surface area contributed by atoms with Crippen LogP contribution in [0.5, 0.6) is 0 Å². The van der Waals surface area contributed by atoms with Crippen LogP contribution in [0.2, 0.25) is 0 Å². The molecule has 188 valence electrons. The lowest BCUT2D eigenvalue weighted by Crippen LogP contribution is -2.34. The van der Waals surface area contributed by atoms with Crippen LogP contribution >= 0.6 is 0 Å². The highest BCUT2D eigenvalue weighted by Crippen LogP contribution is 2.43. The second-order valence-corrected chi connectivity index (χ2v) is 11.3. The van der Waals surface area contributed by atoms with E-state index in [4.69, 9.17) is 0 Å². The lowest BCUT2D eigenvalue weighted by Gasteiger charge is -2.36. The van der Waals surface area contributed by atoms with Crippen LogP contribution < -0.4 is 0 Å². The van der Waals surface area contributed by atoms with E-state index >= 15 is 0 Å². The minimum atomic E-state index is 0.204. The monoisotopic (exact) mass is 465 g/mol. The van der Waals surface area contributed by atoms with Crippen molar-refractivity contribution in [2.24, 2.45) is 17.8 Å². The van der Waals surface area contributed by atoms with E-state index in [0.29, 0.717) is 5.92 Å². The average Bonchev–Trinajstić information content (AvgIpc) is 3.27. The highest BCUT2D eigenvalue weighted by molar-refractivity contribution is 5.51. The Morgan fingerprint density at radius 3 is 2.21 bits per heavy atom. The Balaban J connectivity index is 0.000000588. The lowest BCUT2D eigenvalue weighted by molar-refractivity contribution is -0.110. The fourth-order valence-electron chi connectivity index (χ4n) is 5.17. The van der Waals surface area contributed by atoms with E-state index in [2.05, 4.69) is 65.9 Å². The van der Waals surface area contributed by atoms with Gasteiger partial charge in [0.25, 0.3) is 0 Å². The minimum Gasteiger partial charge on any atom is -0.303 e. The van der Waals surface area contributed by atoms with E-state index in [9.17, 15) is 4.79 Å². The molecule has 34 heavy (non-hydrogen) atoms. The number of benzene rings is 1. The molecule has 4 heteroatoms. The van der Waals surface area contributed by atoms with Gasteiger partial charge in [-0.05, 0) is 79.1 Å². The van der Waals surface area contributed by atoms with Gasteiger partial charge in [0.1, 0.15) is 6.29 Å². The van der Waals surface area contributed by atoms with Gasteiger partial charge >= 0.3 is 0 Å². The van der Waals surface area contributed by atoms with Crippen LogP contribution in [0.4, 0.5) is 0 Å². The van der Waals surface area contributed by atoms with Gasteiger partial charge in [-0.1, -0.05) is 71.7 Å². The Morgan fingerprint density at radius 1 is 1.03 bits per heavy atom. The van der Waals surface area contributed by atoms with Crippen molar-refractivity contribution in [2.75, 3.05) is 13.1 Å². The summed E-state index contributed by atoms with van der Waals surface area (Å²) < 4.78 is 2.17. The summed E-state index contributed by atoms with van der Waals surface area (Å²) in [6, 6.07) is 9.56. The Kier molecular flexibility index (Phi) is 10.4. The number of hydrogen-bond acceptors (Lipinski definition) is 3. The summed E-state index contributed by atoms with van der Waals surface area (Å²) in [4.78, 5) is 12.1. The molecule has 2 heterocycles. The molecule has 1 saturated carbocycles. The molecule has 0 N–H and O–H groups in total. The molecule has 0 bridgehead atoms. The first-order valence-electron chi connectivity index (χ1n) is 13.7. The summed E-state index contributed by atoms with van der Waals surface area (Å²) >= 11 is 0. The number of carbonyl (C=O) groups is 1. The summed E-state index contributed by atoms with van der Waals surface area (Å²) in [6.45, 7) is 15.1. The largest absolute Gasteiger partial charge is 0.303 e. The molecule has 1 aliphatic carbocycles. The maximum Gasteiger partial charge on any atom is 0.122 e. The SMILES string of the molecule is CC(C)C=O.CCCC1CC(c2ccc(CN3CCC(Cn4cc(C(C)C)cn4)CC3)cc2)C1. The summed E-state index contributed by atoms with van der Waals surface area (Å²) in [6.07, 6.45) is 13.4. The fraction of sp³-hybridized carbons (Fsp3) is 0.667. The van der Waals surface area contributed by atoms with Crippen LogP contribution in [0.25, 0.3) is 0 Å². The van der Waals surface area contributed by atoms with Gasteiger partial charge in [-0.3, -0.25) is 9.58 Å². The molecule has 0 unspecified atom stereocenters. The topological polar surface area (TPSA) is 38.1 Å². The first-order chi connectivity index (χ1) is 16.4. The maximum atomic E-state index is 9.50. The Bertz CT molecular complexity index is 840. The van der Waals surface area contributed by atoms with Crippen LogP contribution in [-0.4, -0.2) is 34.1 Å².